The van der Waals surface area contributed by atoms with Crippen molar-refractivity contribution in [1.82, 2.24) is 0 Å². The van der Waals surface area contributed by atoms with Crippen LogP contribution in [0, 0.1) is 0 Å². The van der Waals surface area contributed by atoms with Crippen molar-refractivity contribution in [1.29, 1.82) is 0 Å². The van der Waals surface area contributed by atoms with Crippen molar-refractivity contribution >= 4 is 23.4 Å². The Hall–Kier alpha value is -1.94. The number of benzene rings is 2. The summed E-state index contributed by atoms with van der Waals surface area (Å²) in [6, 6.07) is 15.3. The Kier molecular flexibility index (Phi) is 5.07. The van der Waals surface area contributed by atoms with Crippen LogP contribution in [-0.2, 0) is 10.5 Å². The molecule has 2 N–H and O–H groups in total. The van der Waals surface area contributed by atoms with Crippen LogP contribution < -0.4 is 5.73 Å². The monoisotopic (exact) mass is 287 g/mol. The molecule has 0 aromatic heterocycles. The van der Waals surface area contributed by atoms with Gasteiger partial charge in [0.25, 0.3) is 0 Å². The van der Waals surface area contributed by atoms with Crippen molar-refractivity contribution in [3.05, 3.63) is 59.7 Å². The second-order valence-electron chi connectivity index (χ2n) is 4.28. The van der Waals surface area contributed by atoms with Gasteiger partial charge >= 0.3 is 5.97 Å². The summed E-state index contributed by atoms with van der Waals surface area (Å²) < 4.78 is 4.95. The molecule has 0 heterocycles. The Morgan fingerprint density at radius 2 is 1.75 bits per heavy atom. The third kappa shape index (κ3) is 4.03. The van der Waals surface area contributed by atoms with Gasteiger partial charge < -0.3 is 10.5 Å². The van der Waals surface area contributed by atoms with Gasteiger partial charge in [-0.05, 0) is 48.9 Å². The first-order chi connectivity index (χ1) is 9.69. The van der Waals surface area contributed by atoms with Crippen molar-refractivity contribution in [2.45, 2.75) is 17.6 Å². The maximum atomic E-state index is 11.5. The zero-order chi connectivity index (χ0) is 14.4. The number of ether oxygens (including phenoxy) is 1. The number of carbonyl (C=O) groups is 1. The lowest BCUT2D eigenvalue weighted by molar-refractivity contribution is 0.0526. The number of nitrogens with two attached hydrogens (primary N) is 1. The molecule has 0 saturated carbocycles. The van der Waals surface area contributed by atoms with Gasteiger partial charge in [-0.1, -0.05) is 12.1 Å². The standard InChI is InChI=1S/C16H17NO2S/c1-2-19-16(18)13-5-3-12(4-6-13)11-20-15-9-7-14(17)8-10-15/h3-10H,2,11,17H2,1H3. The predicted octanol–water partition coefficient (Wildman–Crippen LogP) is 3.74. The van der Waals surface area contributed by atoms with Crippen molar-refractivity contribution in [3.8, 4) is 0 Å². The van der Waals surface area contributed by atoms with E-state index in [4.69, 9.17) is 10.5 Å². The average molecular weight is 287 g/mol. The molecule has 2 rings (SSSR count). The largest absolute Gasteiger partial charge is 0.462 e. The third-order valence-electron chi connectivity index (χ3n) is 2.75. The Morgan fingerprint density at radius 3 is 2.35 bits per heavy atom. The second kappa shape index (κ2) is 7.01. The molecule has 20 heavy (non-hydrogen) atoms. The summed E-state index contributed by atoms with van der Waals surface area (Å²) in [6.07, 6.45) is 0. The van der Waals surface area contributed by atoms with Crippen LogP contribution in [0.2, 0.25) is 0 Å². The highest BCUT2D eigenvalue weighted by Crippen LogP contribution is 2.23. The van der Waals surface area contributed by atoms with Gasteiger partial charge in [0.2, 0.25) is 0 Å². The zero-order valence-electron chi connectivity index (χ0n) is 11.3. The maximum absolute atomic E-state index is 11.5. The van der Waals surface area contributed by atoms with Crippen molar-refractivity contribution in [3.63, 3.8) is 0 Å². The topological polar surface area (TPSA) is 52.3 Å². The van der Waals surface area contributed by atoms with E-state index >= 15 is 0 Å². The van der Waals surface area contributed by atoms with Crippen LogP contribution in [0.15, 0.2) is 53.4 Å². The molecule has 0 saturated heterocycles. The predicted molar refractivity (Wildman–Crippen MR) is 82.8 cm³/mol. The first-order valence-corrected chi connectivity index (χ1v) is 7.42. The Morgan fingerprint density at radius 1 is 1.10 bits per heavy atom. The molecule has 2 aromatic carbocycles. The molecule has 0 spiro atoms. The van der Waals surface area contributed by atoms with Gasteiger partial charge in [-0.2, -0.15) is 0 Å². The molecule has 0 atom stereocenters. The van der Waals surface area contributed by atoms with E-state index in [1.807, 2.05) is 36.4 Å². The van der Waals surface area contributed by atoms with E-state index in [-0.39, 0.29) is 5.97 Å². The zero-order valence-corrected chi connectivity index (χ0v) is 12.2. The summed E-state index contributed by atoms with van der Waals surface area (Å²) in [5.41, 5.74) is 8.18. The van der Waals surface area contributed by atoms with Crippen molar-refractivity contribution in [2.24, 2.45) is 0 Å². The molecule has 0 fully saturated rings. The molecule has 0 aliphatic carbocycles. The molecule has 104 valence electrons. The fourth-order valence-corrected chi connectivity index (χ4v) is 2.54. The molecular formula is C16H17NO2S. The summed E-state index contributed by atoms with van der Waals surface area (Å²) in [5.74, 6) is 0.581. The molecule has 0 aliphatic rings. The van der Waals surface area contributed by atoms with E-state index in [1.54, 1.807) is 30.8 Å². The minimum Gasteiger partial charge on any atom is -0.462 e. The second-order valence-corrected chi connectivity index (χ2v) is 5.32. The number of carbonyl (C=O) groups excluding carboxylic acids is 1. The summed E-state index contributed by atoms with van der Waals surface area (Å²) in [5, 5.41) is 0. The molecule has 4 heteroatoms. The minimum atomic E-state index is -0.273. The van der Waals surface area contributed by atoms with Gasteiger partial charge in [-0.15, -0.1) is 11.8 Å². The number of rotatable bonds is 5. The van der Waals surface area contributed by atoms with Crippen LogP contribution >= 0.6 is 11.8 Å². The van der Waals surface area contributed by atoms with Crippen LogP contribution in [0.25, 0.3) is 0 Å². The first-order valence-electron chi connectivity index (χ1n) is 6.43. The van der Waals surface area contributed by atoms with Crippen molar-refractivity contribution in [2.75, 3.05) is 12.3 Å². The third-order valence-corrected chi connectivity index (χ3v) is 3.83. The minimum absolute atomic E-state index is 0.273. The van der Waals surface area contributed by atoms with Crippen LogP contribution in [0.1, 0.15) is 22.8 Å². The number of hydrogen-bond donors (Lipinski definition) is 1. The Bertz CT molecular complexity index is 564. The van der Waals surface area contributed by atoms with Crippen molar-refractivity contribution < 1.29 is 9.53 Å². The lowest BCUT2D eigenvalue weighted by Crippen LogP contribution is -2.04. The molecule has 0 radical (unpaired) electrons. The van der Waals surface area contributed by atoms with E-state index in [2.05, 4.69) is 0 Å². The number of thioether (sulfide) groups is 1. The average Bonchev–Trinajstić information content (AvgIpc) is 2.47. The van der Waals surface area contributed by atoms with Gasteiger partial charge in [0, 0.05) is 16.3 Å². The SMILES string of the molecule is CCOC(=O)c1ccc(CSc2ccc(N)cc2)cc1. The lowest BCUT2D eigenvalue weighted by atomic mass is 10.1. The van der Waals surface area contributed by atoms with Gasteiger partial charge in [0.05, 0.1) is 12.2 Å². The van der Waals surface area contributed by atoms with Crippen LogP contribution in [0.4, 0.5) is 5.69 Å². The molecule has 0 aliphatic heterocycles. The fourth-order valence-electron chi connectivity index (χ4n) is 1.68. The highest BCUT2D eigenvalue weighted by Gasteiger charge is 2.05. The molecule has 0 unspecified atom stereocenters. The van der Waals surface area contributed by atoms with Gasteiger partial charge in [0.1, 0.15) is 0 Å². The van der Waals surface area contributed by atoms with Crippen LogP contribution in [0.3, 0.4) is 0 Å². The molecule has 3 nitrogen and oxygen atoms in total. The number of hydrogen-bond acceptors (Lipinski definition) is 4. The highest BCUT2D eigenvalue weighted by molar-refractivity contribution is 7.98. The van der Waals surface area contributed by atoms with E-state index in [0.29, 0.717) is 12.2 Å². The van der Waals surface area contributed by atoms with E-state index in [0.717, 1.165) is 11.4 Å². The van der Waals surface area contributed by atoms with Gasteiger partial charge in [-0.25, -0.2) is 4.79 Å². The summed E-state index contributed by atoms with van der Waals surface area (Å²) in [7, 11) is 0. The van der Waals surface area contributed by atoms with Crippen LogP contribution in [0.5, 0.6) is 0 Å². The van der Waals surface area contributed by atoms with Gasteiger partial charge in [-0.3, -0.25) is 0 Å². The Balaban J connectivity index is 1.93. The fraction of sp³-hybridized carbons (Fsp3) is 0.188. The van der Waals surface area contributed by atoms with E-state index in [1.165, 1.54) is 10.5 Å². The first kappa shape index (κ1) is 14.5. The van der Waals surface area contributed by atoms with Gasteiger partial charge in [0.15, 0.2) is 0 Å². The summed E-state index contributed by atoms with van der Waals surface area (Å²) in [4.78, 5) is 12.7. The van der Waals surface area contributed by atoms with E-state index < -0.39 is 0 Å². The lowest BCUT2D eigenvalue weighted by Gasteiger charge is -2.05. The number of esters is 1. The highest BCUT2D eigenvalue weighted by atomic mass is 32.2. The Labute approximate surface area is 123 Å². The molecule has 0 bridgehead atoms. The number of nitrogen functional groups attached to an aromatic ring is 1. The molecular weight excluding hydrogens is 270 g/mol. The quantitative estimate of drug-likeness (QED) is 0.517. The molecule has 0 amide bonds. The smallest absolute Gasteiger partial charge is 0.338 e. The molecule has 2 aromatic rings. The number of anilines is 1. The van der Waals surface area contributed by atoms with E-state index in [9.17, 15) is 4.79 Å². The summed E-state index contributed by atoms with van der Waals surface area (Å²) >= 11 is 1.74. The summed E-state index contributed by atoms with van der Waals surface area (Å²) in [6.45, 7) is 2.20. The maximum Gasteiger partial charge on any atom is 0.338 e. The van der Waals surface area contributed by atoms with Crippen LogP contribution in [-0.4, -0.2) is 12.6 Å². The normalized spacial score (nSPS) is 10.2.